The molecule has 0 aliphatic carbocycles. The van der Waals surface area contributed by atoms with Crippen molar-refractivity contribution in [3.8, 4) is 5.88 Å². The maximum absolute atomic E-state index is 10.6. The number of thiophene rings is 1. The summed E-state index contributed by atoms with van der Waals surface area (Å²) in [7, 11) is 1.59. The Bertz CT molecular complexity index is 656. The minimum Gasteiger partial charge on any atom is -0.481 e. The lowest BCUT2D eigenvalue weighted by Crippen LogP contribution is -2.44. The molecule has 0 amide bonds. The van der Waals surface area contributed by atoms with Crippen LogP contribution in [0, 0.1) is 0 Å². The molecule has 1 unspecified atom stereocenters. The van der Waals surface area contributed by atoms with Gasteiger partial charge in [0.25, 0.3) is 0 Å². The van der Waals surface area contributed by atoms with E-state index in [1.54, 1.807) is 31.6 Å². The molecule has 0 aliphatic rings. The number of hydrogen-bond acceptors (Lipinski definition) is 5. The maximum Gasteiger partial charge on any atom is 0.213 e. The number of ether oxygens (including phenoxy) is 1. The van der Waals surface area contributed by atoms with Crippen LogP contribution in [0.5, 0.6) is 5.88 Å². The van der Waals surface area contributed by atoms with Crippen molar-refractivity contribution >= 4 is 17.3 Å². The third-order valence-corrected chi connectivity index (χ3v) is 4.20. The highest BCUT2D eigenvalue weighted by atomic mass is 32.1. The second-order valence-electron chi connectivity index (χ2n) is 5.54. The molecule has 130 valence electrons. The highest BCUT2D eigenvalue weighted by Gasteiger charge is 2.23. The fourth-order valence-electron chi connectivity index (χ4n) is 2.10. The number of aromatic nitrogens is 1. The second-order valence-corrected chi connectivity index (χ2v) is 6.32. The topological polar surface area (TPSA) is 78.8 Å². The van der Waals surface area contributed by atoms with Crippen LogP contribution >= 0.6 is 11.3 Å². The van der Waals surface area contributed by atoms with E-state index < -0.39 is 5.60 Å². The van der Waals surface area contributed by atoms with E-state index in [-0.39, 0.29) is 0 Å². The molecule has 24 heavy (non-hydrogen) atoms. The smallest absolute Gasteiger partial charge is 0.213 e. The quantitative estimate of drug-likeness (QED) is 0.528. The Morgan fingerprint density at radius 1 is 1.42 bits per heavy atom. The molecule has 6 nitrogen and oxygen atoms in total. The van der Waals surface area contributed by atoms with Crippen LogP contribution in [0.1, 0.15) is 25.0 Å². The number of aliphatic hydroxyl groups is 1. The van der Waals surface area contributed by atoms with E-state index in [9.17, 15) is 5.11 Å². The SMILES string of the molecule is CCNC(=NCc1ccnc(OC)c1)NCC(C)(O)c1ccsc1. The Kier molecular flexibility index (Phi) is 6.57. The zero-order valence-corrected chi connectivity index (χ0v) is 15.1. The van der Waals surface area contributed by atoms with Gasteiger partial charge in [-0.15, -0.1) is 0 Å². The Labute approximate surface area is 146 Å². The lowest BCUT2D eigenvalue weighted by Gasteiger charge is -2.24. The van der Waals surface area contributed by atoms with Gasteiger partial charge in [0.2, 0.25) is 5.88 Å². The summed E-state index contributed by atoms with van der Waals surface area (Å²) in [6, 6.07) is 5.69. The van der Waals surface area contributed by atoms with E-state index in [1.807, 2.05) is 35.9 Å². The van der Waals surface area contributed by atoms with E-state index in [0.717, 1.165) is 17.7 Å². The average Bonchev–Trinajstić information content (AvgIpc) is 3.13. The molecule has 0 radical (unpaired) electrons. The molecular weight excluding hydrogens is 324 g/mol. The number of rotatable bonds is 7. The summed E-state index contributed by atoms with van der Waals surface area (Å²) in [6.45, 7) is 5.40. The molecule has 7 heteroatoms. The number of aliphatic imine (C=N–C) groups is 1. The highest BCUT2D eigenvalue weighted by Crippen LogP contribution is 2.21. The monoisotopic (exact) mass is 348 g/mol. The molecule has 2 aromatic rings. The number of pyridine rings is 1. The lowest BCUT2D eigenvalue weighted by atomic mass is 9.99. The Hall–Kier alpha value is -2.12. The zero-order valence-electron chi connectivity index (χ0n) is 14.2. The molecule has 2 aromatic heterocycles. The first-order valence-corrected chi connectivity index (χ1v) is 8.75. The molecule has 3 N–H and O–H groups in total. The van der Waals surface area contributed by atoms with Gasteiger partial charge in [0, 0.05) is 18.8 Å². The minimum absolute atomic E-state index is 0.370. The Morgan fingerprint density at radius 2 is 2.25 bits per heavy atom. The van der Waals surface area contributed by atoms with Crippen molar-refractivity contribution in [2.24, 2.45) is 4.99 Å². The van der Waals surface area contributed by atoms with Gasteiger partial charge in [-0.25, -0.2) is 9.98 Å². The van der Waals surface area contributed by atoms with Crippen LogP contribution in [-0.2, 0) is 12.1 Å². The number of methoxy groups -OCH3 is 1. The molecule has 2 rings (SSSR count). The van der Waals surface area contributed by atoms with Crippen LogP contribution in [0.3, 0.4) is 0 Å². The normalized spacial score (nSPS) is 14.1. The second kappa shape index (κ2) is 8.65. The van der Waals surface area contributed by atoms with Crippen molar-refractivity contribution < 1.29 is 9.84 Å². The summed E-state index contributed by atoms with van der Waals surface area (Å²) in [4.78, 5) is 8.63. The van der Waals surface area contributed by atoms with Gasteiger partial charge in [0.1, 0.15) is 5.60 Å². The van der Waals surface area contributed by atoms with E-state index in [4.69, 9.17) is 4.74 Å². The molecule has 0 fully saturated rings. The van der Waals surface area contributed by atoms with Crippen molar-refractivity contribution in [3.63, 3.8) is 0 Å². The fraction of sp³-hybridized carbons (Fsp3) is 0.412. The third-order valence-electron chi connectivity index (χ3n) is 3.52. The molecule has 0 bridgehead atoms. The van der Waals surface area contributed by atoms with Crippen LogP contribution in [0.25, 0.3) is 0 Å². The summed E-state index contributed by atoms with van der Waals surface area (Å²) in [5.74, 6) is 1.23. The molecule has 0 saturated carbocycles. The summed E-state index contributed by atoms with van der Waals surface area (Å²) in [6.07, 6.45) is 1.70. The van der Waals surface area contributed by atoms with E-state index in [0.29, 0.717) is 24.9 Å². The predicted octanol–water partition coefficient (Wildman–Crippen LogP) is 2.11. The molecule has 2 heterocycles. The van der Waals surface area contributed by atoms with Crippen molar-refractivity contribution in [1.29, 1.82) is 0 Å². The number of guanidine groups is 1. The van der Waals surface area contributed by atoms with Gasteiger partial charge in [-0.1, -0.05) is 0 Å². The molecule has 0 spiro atoms. The minimum atomic E-state index is -0.948. The van der Waals surface area contributed by atoms with E-state index in [1.165, 1.54) is 0 Å². The molecule has 1 atom stereocenters. The van der Waals surface area contributed by atoms with Crippen molar-refractivity contribution in [2.75, 3.05) is 20.2 Å². The lowest BCUT2D eigenvalue weighted by molar-refractivity contribution is 0.0621. The maximum atomic E-state index is 10.6. The van der Waals surface area contributed by atoms with Crippen molar-refractivity contribution in [1.82, 2.24) is 15.6 Å². The van der Waals surface area contributed by atoms with Crippen LogP contribution in [0.2, 0.25) is 0 Å². The van der Waals surface area contributed by atoms with E-state index in [2.05, 4.69) is 20.6 Å². The van der Waals surface area contributed by atoms with Crippen molar-refractivity contribution in [3.05, 3.63) is 46.3 Å². The Balaban J connectivity index is 2.00. The highest BCUT2D eigenvalue weighted by molar-refractivity contribution is 7.08. The van der Waals surface area contributed by atoms with Crippen LogP contribution in [0.4, 0.5) is 0 Å². The van der Waals surface area contributed by atoms with Gasteiger partial charge in [0.05, 0.1) is 20.2 Å². The van der Waals surface area contributed by atoms with Crippen LogP contribution in [0.15, 0.2) is 40.1 Å². The Morgan fingerprint density at radius 3 is 2.92 bits per heavy atom. The van der Waals surface area contributed by atoms with Gasteiger partial charge in [0.15, 0.2) is 5.96 Å². The molecular formula is C17H24N4O2S. The number of nitrogens with one attached hydrogen (secondary N) is 2. The first-order valence-electron chi connectivity index (χ1n) is 7.81. The van der Waals surface area contributed by atoms with Crippen molar-refractivity contribution in [2.45, 2.75) is 26.0 Å². The zero-order chi connectivity index (χ0) is 17.4. The summed E-state index contributed by atoms with van der Waals surface area (Å²) in [5, 5.41) is 20.9. The number of nitrogens with zero attached hydrogens (tertiary/aromatic N) is 2. The molecule has 0 aliphatic heterocycles. The summed E-state index contributed by atoms with van der Waals surface area (Å²) in [5.41, 5.74) is 0.953. The summed E-state index contributed by atoms with van der Waals surface area (Å²) >= 11 is 1.57. The molecule has 0 saturated heterocycles. The molecule has 0 aromatic carbocycles. The van der Waals surface area contributed by atoms with E-state index >= 15 is 0 Å². The predicted molar refractivity (Wildman–Crippen MR) is 97.5 cm³/mol. The van der Waals surface area contributed by atoms with Gasteiger partial charge in [-0.05, 0) is 47.9 Å². The number of hydrogen-bond donors (Lipinski definition) is 3. The standard InChI is InChI=1S/C17H24N4O2S/c1-4-18-16(20-10-13-5-7-19-15(9-13)23-3)21-12-17(2,22)14-6-8-24-11-14/h5-9,11,22H,4,10,12H2,1-3H3,(H2,18,20,21). The summed E-state index contributed by atoms with van der Waals surface area (Å²) < 4.78 is 5.12. The first-order chi connectivity index (χ1) is 11.5. The first kappa shape index (κ1) is 18.2. The third kappa shape index (κ3) is 5.21. The van der Waals surface area contributed by atoms with Gasteiger partial charge < -0.3 is 20.5 Å². The van der Waals surface area contributed by atoms with Gasteiger partial charge >= 0.3 is 0 Å². The van der Waals surface area contributed by atoms with Crippen LogP contribution in [-0.4, -0.2) is 36.2 Å². The van der Waals surface area contributed by atoms with Gasteiger partial charge in [-0.3, -0.25) is 0 Å². The largest absolute Gasteiger partial charge is 0.481 e. The van der Waals surface area contributed by atoms with Gasteiger partial charge in [-0.2, -0.15) is 11.3 Å². The van der Waals surface area contributed by atoms with Crippen LogP contribution < -0.4 is 15.4 Å². The fourth-order valence-corrected chi connectivity index (χ4v) is 2.88. The average molecular weight is 348 g/mol.